The Bertz CT molecular complexity index is 493. The van der Waals surface area contributed by atoms with Gasteiger partial charge >= 0.3 is 0 Å². The Morgan fingerprint density at radius 3 is 2.50 bits per heavy atom. The summed E-state index contributed by atoms with van der Waals surface area (Å²) in [7, 11) is 0.160. The number of aromatic nitrogens is 1. The first-order valence-corrected chi connectivity index (χ1v) is 7.29. The summed E-state index contributed by atoms with van der Waals surface area (Å²) in [6.45, 7) is 2.78. The third-order valence-electron chi connectivity index (χ3n) is 3.13. The quantitative estimate of drug-likeness (QED) is 0.736. The van der Waals surface area contributed by atoms with Crippen molar-refractivity contribution in [3.8, 4) is 5.88 Å². The number of nitrogens with one attached hydrogen (secondary N) is 1. The zero-order valence-corrected chi connectivity index (χ0v) is 11.4. The molecule has 0 aliphatic carbocycles. The van der Waals surface area contributed by atoms with Crippen molar-refractivity contribution < 1.29 is 18.1 Å². The van der Waals surface area contributed by atoms with Crippen LogP contribution in [0, 0.1) is 0 Å². The molecule has 1 fully saturated rings. The lowest BCUT2D eigenvalue weighted by atomic mass is 10.4. The highest BCUT2D eigenvalue weighted by Gasteiger charge is 2.29. The third kappa shape index (κ3) is 2.63. The molecule has 6 nitrogen and oxygen atoms in total. The molecule has 0 spiro atoms. The molecule has 0 aromatic carbocycles. The molecular formula is C11H18N3O3S+. The Morgan fingerprint density at radius 1 is 1.33 bits per heavy atom. The first-order valence-electron chi connectivity index (χ1n) is 5.85. The second-order valence-electron chi connectivity index (χ2n) is 4.40. The lowest BCUT2D eigenvalue weighted by molar-refractivity contribution is -0.883. The summed E-state index contributed by atoms with van der Waals surface area (Å²) in [5.41, 5.74) is 0. The van der Waals surface area contributed by atoms with Gasteiger partial charge in [0.1, 0.15) is 4.90 Å². The fourth-order valence-corrected chi connectivity index (χ4v) is 3.28. The van der Waals surface area contributed by atoms with Crippen molar-refractivity contribution in [1.29, 1.82) is 0 Å². The van der Waals surface area contributed by atoms with Crippen LogP contribution in [0.15, 0.2) is 23.2 Å². The second-order valence-corrected chi connectivity index (χ2v) is 6.34. The molecule has 0 amide bonds. The SMILES string of the molecule is COc1ccc(S(=O)(=O)N2CC[NH+](C)CC2)cn1. The van der Waals surface area contributed by atoms with Crippen LogP contribution < -0.4 is 9.64 Å². The molecule has 1 aromatic heterocycles. The molecular weight excluding hydrogens is 254 g/mol. The van der Waals surface area contributed by atoms with Gasteiger partial charge in [0, 0.05) is 6.07 Å². The van der Waals surface area contributed by atoms with E-state index in [2.05, 4.69) is 12.0 Å². The van der Waals surface area contributed by atoms with Crippen molar-refractivity contribution in [3.05, 3.63) is 18.3 Å². The molecule has 100 valence electrons. The summed E-state index contributed by atoms with van der Waals surface area (Å²) >= 11 is 0. The van der Waals surface area contributed by atoms with E-state index in [0.29, 0.717) is 19.0 Å². The fourth-order valence-electron chi connectivity index (χ4n) is 1.90. The van der Waals surface area contributed by atoms with E-state index in [4.69, 9.17) is 4.74 Å². The molecule has 0 saturated carbocycles. The minimum atomic E-state index is -3.41. The number of likely N-dealkylation sites (N-methyl/N-ethyl adjacent to an activating group) is 1. The molecule has 1 aliphatic heterocycles. The predicted molar refractivity (Wildman–Crippen MR) is 66.2 cm³/mol. The van der Waals surface area contributed by atoms with Gasteiger partial charge in [0.05, 0.1) is 46.5 Å². The molecule has 18 heavy (non-hydrogen) atoms. The molecule has 1 N–H and O–H groups in total. The number of hydrogen-bond donors (Lipinski definition) is 1. The molecule has 2 heterocycles. The summed E-state index contributed by atoms with van der Waals surface area (Å²) < 4.78 is 31.1. The number of sulfonamides is 1. The van der Waals surface area contributed by atoms with E-state index in [1.54, 1.807) is 6.07 Å². The number of rotatable bonds is 3. The van der Waals surface area contributed by atoms with Gasteiger partial charge in [-0.25, -0.2) is 13.4 Å². The van der Waals surface area contributed by atoms with Gasteiger partial charge in [0.2, 0.25) is 15.9 Å². The van der Waals surface area contributed by atoms with Crippen LogP contribution in [0.4, 0.5) is 0 Å². The highest BCUT2D eigenvalue weighted by Crippen LogP contribution is 2.16. The first-order chi connectivity index (χ1) is 8.54. The number of pyridine rings is 1. The molecule has 1 saturated heterocycles. The molecule has 1 aliphatic rings. The van der Waals surface area contributed by atoms with Crippen LogP contribution in [0.1, 0.15) is 0 Å². The van der Waals surface area contributed by atoms with Crippen molar-refractivity contribution in [3.63, 3.8) is 0 Å². The topological polar surface area (TPSA) is 63.9 Å². The fraction of sp³-hybridized carbons (Fsp3) is 0.545. The second kappa shape index (κ2) is 5.21. The van der Waals surface area contributed by atoms with E-state index in [-0.39, 0.29) is 4.90 Å². The van der Waals surface area contributed by atoms with Crippen LogP contribution in [0.25, 0.3) is 0 Å². The average Bonchev–Trinajstić information content (AvgIpc) is 2.39. The van der Waals surface area contributed by atoms with Gasteiger partial charge in [-0.15, -0.1) is 0 Å². The predicted octanol–water partition coefficient (Wildman–Crippen LogP) is -1.39. The number of ether oxygens (including phenoxy) is 1. The number of nitrogens with zero attached hydrogens (tertiary/aromatic N) is 2. The first kappa shape index (κ1) is 13.3. The summed E-state index contributed by atoms with van der Waals surface area (Å²) in [4.78, 5) is 5.52. The highest BCUT2D eigenvalue weighted by atomic mass is 32.2. The largest absolute Gasteiger partial charge is 0.481 e. The molecule has 0 radical (unpaired) electrons. The molecule has 2 rings (SSSR count). The minimum absolute atomic E-state index is 0.225. The van der Waals surface area contributed by atoms with Gasteiger partial charge in [0.25, 0.3) is 0 Å². The number of quaternary nitrogens is 1. The Morgan fingerprint density at radius 2 is 2.00 bits per heavy atom. The van der Waals surface area contributed by atoms with Crippen LogP contribution in [0.3, 0.4) is 0 Å². The maximum absolute atomic E-state index is 12.3. The van der Waals surface area contributed by atoms with E-state index in [0.717, 1.165) is 13.1 Å². The normalized spacial score (nSPS) is 18.8. The lowest BCUT2D eigenvalue weighted by Gasteiger charge is -2.29. The number of hydrogen-bond acceptors (Lipinski definition) is 4. The van der Waals surface area contributed by atoms with Crippen LogP contribution in [0.5, 0.6) is 5.88 Å². The van der Waals surface area contributed by atoms with E-state index in [1.165, 1.54) is 28.6 Å². The van der Waals surface area contributed by atoms with Crippen LogP contribution in [0.2, 0.25) is 0 Å². The molecule has 1 aromatic rings. The Kier molecular flexibility index (Phi) is 3.84. The average molecular weight is 272 g/mol. The minimum Gasteiger partial charge on any atom is -0.481 e. The Balaban J connectivity index is 2.19. The van der Waals surface area contributed by atoms with Gasteiger partial charge in [-0.1, -0.05) is 0 Å². The highest BCUT2D eigenvalue weighted by molar-refractivity contribution is 7.89. The summed E-state index contributed by atoms with van der Waals surface area (Å²) in [5, 5.41) is 0. The van der Waals surface area contributed by atoms with Gasteiger partial charge in [-0.2, -0.15) is 4.31 Å². The van der Waals surface area contributed by atoms with Gasteiger partial charge in [0.15, 0.2) is 0 Å². The standard InChI is InChI=1S/C11H17N3O3S/c1-13-5-7-14(8-6-13)18(15,16)10-3-4-11(17-2)12-9-10/h3-4,9H,5-8H2,1-2H3/p+1. The zero-order valence-electron chi connectivity index (χ0n) is 10.6. The summed E-state index contributed by atoms with van der Waals surface area (Å²) in [6, 6.07) is 3.10. The number of piperazine rings is 1. The summed E-state index contributed by atoms with van der Waals surface area (Å²) in [5.74, 6) is 0.414. The van der Waals surface area contributed by atoms with E-state index < -0.39 is 10.0 Å². The Hall–Kier alpha value is -1.18. The lowest BCUT2D eigenvalue weighted by Crippen LogP contribution is -3.12. The third-order valence-corrected chi connectivity index (χ3v) is 5.01. The maximum Gasteiger partial charge on any atom is 0.245 e. The van der Waals surface area contributed by atoms with Gasteiger partial charge < -0.3 is 9.64 Å². The van der Waals surface area contributed by atoms with Crippen LogP contribution in [-0.4, -0.2) is 58.0 Å². The molecule has 0 bridgehead atoms. The maximum atomic E-state index is 12.3. The van der Waals surface area contributed by atoms with Crippen molar-refractivity contribution >= 4 is 10.0 Å². The van der Waals surface area contributed by atoms with Gasteiger partial charge in [-0.3, -0.25) is 0 Å². The van der Waals surface area contributed by atoms with E-state index >= 15 is 0 Å². The van der Waals surface area contributed by atoms with Crippen LogP contribution >= 0.6 is 0 Å². The smallest absolute Gasteiger partial charge is 0.245 e. The monoisotopic (exact) mass is 272 g/mol. The van der Waals surface area contributed by atoms with Crippen LogP contribution in [-0.2, 0) is 10.0 Å². The van der Waals surface area contributed by atoms with Crippen molar-refractivity contribution in [2.24, 2.45) is 0 Å². The Labute approximate surface area is 107 Å². The molecule has 0 atom stereocenters. The van der Waals surface area contributed by atoms with E-state index in [1.807, 2.05) is 0 Å². The zero-order chi connectivity index (χ0) is 13.2. The molecule has 7 heteroatoms. The summed E-state index contributed by atoms with van der Waals surface area (Å²) in [6.07, 6.45) is 1.35. The van der Waals surface area contributed by atoms with Gasteiger partial charge in [-0.05, 0) is 6.07 Å². The van der Waals surface area contributed by atoms with Crippen molar-refractivity contribution in [1.82, 2.24) is 9.29 Å². The van der Waals surface area contributed by atoms with Crippen molar-refractivity contribution in [2.75, 3.05) is 40.3 Å². The van der Waals surface area contributed by atoms with E-state index in [9.17, 15) is 8.42 Å². The molecule has 0 unspecified atom stereocenters. The number of methoxy groups -OCH3 is 1. The van der Waals surface area contributed by atoms with Crippen molar-refractivity contribution in [2.45, 2.75) is 4.90 Å².